The zero-order valence-electron chi connectivity index (χ0n) is 24.7. The second kappa shape index (κ2) is 15.8. The predicted octanol–water partition coefficient (Wildman–Crippen LogP) is 5.33. The molecule has 1 N–H and O–H groups in total. The van der Waals surface area contributed by atoms with Gasteiger partial charge in [-0.2, -0.15) is 0 Å². The van der Waals surface area contributed by atoms with E-state index >= 15 is 0 Å². The maximum atomic E-state index is 14.3. The van der Waals surface area contributed by atoms with Crippen molar-refractivity contribution >= 4 is 50.7 Å². The highest BCUT2D eigenvalue weighted by molar-refractivity contribution is 7.92. The van der Waals surface area contributed by atoms with Crippen LogP contribution in [0.3, 0.4) is 0 Å². The molecule has 3 aromatic carbocycles. The number of nitrogens with one attached hydrogen (secondary N) is 1. The Labute approximate surface area is 263 Å². The number of nitrogens with zero attached hydrogens (tertiary/aromatic N) is 2. The zero-order valence-corrected chi connectivity index (χ0v) is 27.0. The number of benzene rings is 3. The van der Waals surface area contributed by atoms with Gasteiger partial charge in [0.1, 0.15) is 24.1 Å². The number of carbonyl (C=O) groups is 2. The molecule has 0 bridgehead atoms. The van der Waals surface area contributed by atoms with E-state index < -0.39 is 28.5 Å². The Kier molecular flexibility index (Phi) is 12.5. The average Bonchev–Trinajstić information content (AvgIpc) is 2.98. The van der Waals surface area contributed by atoms with E-state index in [0.29, 0.717) is 27.9 Å². The zero-order chi connectivity index (χ0) is 31.6. The van der Waals surface area contributed by atoms with E-state index in [-0.39, 0.29) is 30.3 Å². The predicted molar refractivity (Wildman–Crippen MR) is 171 cm³/mol. The number of ether oxygens (including phenoxy) is 2. The summed E-state index contributed by atoms with van der Waals surface area (Å²) in [4.78, 5) is 29.4. The molecule has 232 valence electrons. The van der Waals surface area contributed by atoms with Crippen molar-refractivity contribution in [3.05, 3.63) is 87.9 Å². The van der Waals surface area contributed by atoms with Crippen LogP contribution in [0.2, 0.25) is 10.0 Å². The lowest BCUT2D eigenvalue weighted by atomic mass is 10.0. The van der Waals surface area contributed by atoms with Gasteiger partial charge in [-0.1, -0.05) is 72.9 Å². The molecular weight excluding hydrogens is 613 g/mol. The average molecular weight is 651 g/mol. The quantitative estimate of drug-likeness (QED) is 0.223. The van der Waals surface area contributed by atoms with Crippen molar-refractivity contribution in [3.8, 4) is 11.5 Å². The van der Waals surface area contributed by atoms with Gasteiger partial charge in [-0.05, 0) is 36.2 Å². The first kappa shape index (κ1) is 34.0. The summed E-state index contributed by atoms with van der Waals surface area (Å²) in [6.45, 7) is 1.67. The fourth-order valence-electron chi connectivity index (χ4n) is 4.50. The van der Waals surface area contributed by atoms with E-state index in [4.69, 9.17) is 32.7 Å². The summed E-state index contributed by atoms with van der Waals surface area (Å²) in [5.41, 5.74) is 1.36. The first-order valence-electron chi connectivity index (χ1n) is 13.7. The number of unbranched alkanes of at least 4 members (excludes halogenated alkanes) is 1. The number of amides is 2. The van der Waals surface area contributed by atoms with Gasteiger partial charge in [0.2, 0.25) is 21.8 Å². The number of hydrogen-bond acceptors (Lipinski definition) is 6. The summed E-state index contributed by atoms with van der Waals surface area (Å²) in [5.74, 6) is -0.428. The molecule has 0 aliphatic heterocycles. The van der Waals surface area contributed by atoms with Crippen molar-refractivity contribution < 1.29 is 27.5 Å². The van der Waals surface area contributed by atoms with Crippen LogP contribution in [0.5, 0.6) is 11.5 Å². The Morgan fingerprint density at radius 2 is 1.63 bits per heavy atom. The largest absolute Gasteiger partial charge is 0.497 e. The molecule has 0 radical (unpaired) electrons. The molecule has 1 atom stereocenters. The number of carbonyl (C=O) groups excluding carboxylic acids is 2. The fourth-order valence-corrected chi connectivity index (χ4v) is 5.86. The van der Waals surface area contributed by atoms with E-state index in [9.17, 15) is 18.0 Å². The second-order valence-electron chi connectivity index (χ2n) is 9.88. The smallest absolute Gasteiger partial charge is 0.244 e. The molecule has 0 aliphatic rings. The molecule has 3 rings (SSSR count). The second-order valence-corrected chi connectivity index (χ2v) is 12.6. The van der Waals surface area contributed by atoms with Crippen molar-refractivity contribution in [3.63, 3.8) is 0 Å². The van der Waals surface area contributed by atoms with Crippen LogP contribution in [-0.2, 0) is 32.6 Å². The highest BCUT2D eigenvalue weighted by Crippen LogP contribution is 2.34. The summed E-state index contributed by atoms with van der Waals surface area (Å²) in [6.07, 6.45) is 2.79. The minimum Gasteiger partial charge on any atom is -0.497 e. The van der Waals surface area contributed by atoms with E-state index in [1.165, 1.54) is 25.2 Å². The molecule has 0 aromatic heterocycles. The lowest BCUT2D eigenvalue weighted by Gasteiger charge is -2.34. The van der Waals surface area contributed by atoms with Crippen LogP contribution >= 0.6 is 23.2 Å². The minimum atomic E-state index is -4.02. The molecule has 12 heteroatoms. The molecule has 43 heavy (non-hydrogen) atoms. The van der Waals surface area contributed by atoms with E-state index in [2.05, 4.69) is 5.32 Å². The first-order chi connectivity index (χ1) is 20.5. The molecule has 0 aliphatic carbocycles. The van der Waals surface area contributed by atoms with Crippen LogP contribution in [-0.4, -0.2) is 64.7 Å². The molecule has 2 amide bonds. The number of halogens is 2. The van der Waals surface area contributed by atoms with Gasteiger partial charge in [-0.15, -0.1) is 0 Å². The molecule has 0 saturated heterocycles. The first-order valence-corrected chi connectivity index (χ1v) is 16.3. The Balaban J connectivity index is 2.13. The molecule has 0 saturated carbocycles. The molecular formula is C31H37Cl2N3O6S. The minimum absolute atomic E-state index is 0.112. The molecule has 0 unspecified atom stereocenters. The molecule has 0 spiro atoms. The van der Waals surface area contributed by atoms with Crippen molar-refractivity contribution in [2.45, 2.75) is 38.8 Å². The van der Waals surface area contributed by atoms with Gasteiger partial charge in [-0.3, -0.25) is 13.9 Å². The van der Waals surface area contributed by atoms with Gasteiger partial charge in [0.15, 0.2) is 0 Å². The third-order valence-electron chi connectivity index (χ3n) is 6.82. The van der Waals surface area contributed by atoms with Gasteiger partial charge < -0.3 is 19.7 Å². The molecule has 0 heterocycles. The van der Waals surface area contributed by atoms with Crippen LogP contribution in [0.25, 0.3) is 0 Å². The van der Waals surface area contributed by atoms with Gasteiger partial charge in [-0.25, -0.2) is 8.42 Å². The van der Waals surface area contributed by atoms with Gasteiger partial charge in [0.25, 0.3) is 0 Å². The van der Waals surface area contributed by atoms with E-state index in [1.807, 2.05) is 37.3 Å². The van der Waals surface area contributed by atoms with Gasteiger partial charge in [0.05, 0.1) is 26.2 Å². The highest BCUT2D eigenvalue weighted by atomic mass is 35.5. The fraction of sp³-hybridized carbons (Fsp3) is 0.355. The van der Waals surface area contributed by atoms with Crippen LogP contribution in [0.1, 0.15) is 30.9 Å². The normalized spacial score (nSPS) is 11.9. The van der Waals surface area contributed by atoms with Crippen molar-refractivity contribution in [2.24, 2.45) is 0 Å². The number of rotatable bonds is 15. The Morgan fingerprint density at radius 1 is 0.953 bits per heavy atom. The third-order valence-corrected chi connectivity index (χ3v) is 8.66. The number of sulfonamides is 1. The summed E-state index contributed by atoms with van der Waals surface area (Å²) < 4.78 is 37.9. The Hall–Kier alpha value is -3.47. The summed E-state index contributed by atoms with van der Waals surface area (Å²) in [7, 11) is -1.17. The SMILES string of the molecule is CCCCNC(=O)[C@@H](Cc1ccccc1)N(Cc1c(Cl)cccc1Cl)C(=O)CN(c1cc(OC)ccc1OC)S(C)(=O)=O. The van der Waals surface area contributed by atoms with Crippen LogP contribution < -0.4 is 19.1 Å². The van der Waals surface area contributed by atoms with E-state index in [0.717, 1.165) is 29.0 Å². The summed E-state index contributed by atoms with van der Waals surface area (Å²) in [5, 5.41) is 3.56. The topological polar surface area (TPSA) is 105 Å². The lowest BCUT2D eigenvalue weighted by molar-refractivity contribution is -0.140. The summed E-state index contributed by atoms with van der Waals surface area (Å²) in [6, 6.07) is 17.9. The lowest BCUT2D eigenvalue weighted by Crippen LogP contribution is -2.53. The molecule has 0 fully saturated rings. The van der Waals surface area contributed by atoms with Crippen molar-refractivity contribution in [1.29, 1.82) is 0 Å². The Bertz CT molecular complexity index is 1480. The van der Waals surface area contributed by atoms with Crippen LogP contribution in [0.15, 0.2) is 66.7 Å². The molecule has 3 aromatic rings. The van der Waals surface area contributed by atoms with E-state index in [1.54, 1.807) is 30.3 Å². The number of hydrogen-bond donors (Lipinski definition) is 1. The highest BCUT2D eigenvalue weighted by Gasteiger charge is 2.34. The number of anilines is 1. The standard InChI is InChI=1S/C31H37Cl2N3O6S/c1-5-6-17-34-31(38)28(18-22-11-8-7-9-12-22)35(20-24-25(32)13-10-14-26(24)33)30(37)21-36(43(4,39)40)27-19-23(41-2)15-16-29(27)42-3/h7-16,19,28H,5-6,17-18,20-21H2,1-4H3,(H,34,38)/t28-/m1/s1. The maximum Gasteiger partial charge on any atom is 0.244 e. The van der Waals surface area contributed by atoms with Crippen molar-refractivity contribution in [2.75, 3.05) is 37.9 Å². The molecule has 9 nitrogen and oxygen atoms in total. The third kappa shape index (κ3) is 9.26. The number of methoxy groups -OCH3 is 2. The van der Waals surface area contributed by atoms with Gasteiger partial charge >= 0.3 is 0 Å². The van der Waals surface area contributed by atoms with Gasteiger partial charge in [0, 0.05) is 41.2 Å². The van der Waals surface area contributed by atoms with Crippen molar-refractivity contribution in [1.82, 2.24) is 10.2 Å². The maximum absolute atomic E-state index is 14.3. The summed E-state index contributed by atoms with van der Waals surface area (Å²) >= 11 is 13.0. The monoisotopic (exact) mass is 649 g/mol. The van der Waals surface area contributed by atoms with Crippen LogP contribution in [0.4, 0.5) is 5.69 Å². The van der Waals surface area contributed by atoms with Crippen LogP contribution in [0, 0.1) is 0 Å². The Morgan fingerprint density at radius 3 is 2.21 bits per heavy atom.